The molecule has 5 aromatic carbocycles. The van der Waals surface area contributed by atoms with E-state index < -0.39 is 8.07 Å². The maximum Gasteiger partial charge on any atom is 0.120 e. The molecule has 0 aliphatic rings. The van der Waals surface area contributed by atoms with Crippen LogP contribution in [0.2, 0.25) is 19.6 Å². The van der Waals surface area contributed by atoms with Gasteiger partial charge in [-0.1, -0.05) is 139 Å². The number of nitrogens with zero attached hydrogens (tertiary/aromatic N) is 4. The number of hydrogen-bond acceptors (Lipinski definition) is 4. The Hall–Kier alpha value is -5.46. The summed E-state index contributed by atoms with van der Waals surface area (Å²) >= 11 is 0. The Balaban J connectivity index is 0.000000236. The molecule has 64 heavy (non-hydrogen) atoms. The van der Waals surface area contributed by atoms with Crippen molar-refractivity contribution in [2.75, 3.05) is 0 Å². The third-order valence-electron chi connectivity index (χ3n) is 11.8. The van der Waals surface area contributed by atoms with E-state index in [-0.39, 0.29) is 37.4 Å². The van der Waals surface area contributed by atoms with Gasteiger partial charge in [0.05, 0.1) is 36.2 Å². The molecule has 0 N–H and O–H groups in total. The van der Waals surface area contributed by atoms with E-state index in [0.29, 0.717) is 0 Å². The van der Waals surface area contributed by atoms with Crippen LogP contribution in [-0.4, -0.2) is 27.6 Å². The van der Waals surface area contributed by atoms with Crippen LogP contribution < -0.4 is 5.19 Å². The molecule has 0 fully saturated rings. The van der Waals surface area contributed by atoms with Gasteiger partial charge in [-0.3, -0.25) is 9.97 Å². The molecule has 329 valence electrons. The third-order valence-corrected chi connectivity index (χ3v) is 13.8. The number of benzene rings is 5. The van der Waals surface area contributed by atoms with Gasteiger partial charge in [0.2, 0.25) is 0 Å². The van der Waals surface area contributed by atoms with E-state index in [4.69, 9.17) is 19.4 Å². The first-order valence-corrected chi connectivity index (χ1v) is 25.9. The van der Waals surface area contributed by atoms with Crippen molar-refractivity contribution < 1.29 is 24.5 Å². The number of furan rings is 1. The molecule has 0 aliphatic heterocycles. The van der Waals surface area contributed by atoms with Gasteiger partial charge in [-0.25, -0.2) is 0 Å². The van der Waals surface area contributed by atoms with Crippen LogP contribution in [0.1, 0.15) is 88.4 Å². The molecule has 0 unspecified atom stereocenters. The van der Waals surface area contributed by atoms with Gasteiger partial charge in [0, 0.05) is 43.1 Å². The Morgan fingerprint density at radius 1 is 0.719 bits per heavy atom. The molecule has 9 rings (SSSR count). The van der Waals surface area contributed by atoms with E-state index in [1.165, 1.54) is 38.7 Å². The fourth-order valence-corrected chi connectivity index (χ4v) is 10.4. The molecule has 1 radical (unpaired) electrons. The summed E-state index contributed by atoms with van der Waals surface area (Å²) in [5.74, 6) is 1.38. The molecule has 9 aromatic rings. The number of hydrogen-bond donors (Lipinski definition) is 0. The van der Waals surface area contributed by atoms with Crippen LogP contribution in [0, 0.1) is 31.4 Å². The second-order valence-corrected chi connectivity index (χ2v) is 24.9. The SMILES string of the molecule is CC(C)(C)Cc1cc(-c2[c-]cccc2)ncc1[Si](C)(C)C.Cc1cc2c(nc(-c3[c-]ccc4c3oc3ccccc34)n2-c2c(C(C)C)cc(-c3ccccc3)cc2C(C)C)c(C)n1.[Ir]. The molecule has 0 spiro atoms. The van der Waals surface area contributed by atoms with Gasteiger partial charge in [0.25, 0.3) is 0 Å². The average Bonchev–Trinajstić information content (AvgIpc) is 3.82. The van der Waals surface area contributed by atoms with Gasteiger partial charge in [-0.15, -0.1) is 54.1 Å². The van der Waals surface area contributed by atoms with Crippen LogP contribution >= 0.6 is 0 Å². The van der Waals surface area contributed by atoms with Crippen LogP contribution in [0.3, 0.4) is 0 Å². The minimum atomic E-state index is -1.37. The Labute approximate surface area is 394 Å². The first-order chi connectivity index (χ1) is 30.0. The monoisotopic (exact) mass is 1040 g/mol. The zero-order valence-electron chi connectivity index (χ0n) is 39.4. The van der Waals surface area contributed by atoms with E-state index in [1.807, 2.05) is 43.3 Å². The van der Waals surface area contributed by atoms with E-state index in [2.05, 4.69) is 177 Å². The molecule has 0 bridgehead atoms. The molecule has 0 aliphatic carbocycles. The molecule has 7 heteroatoms. The summed E-state index contributed by atoms with van der Waals surface area (Å²) in [6.07, 6.45) is 3.21. The molecule has 0 amide bonds. The first kappa shape index (κ1) is 46.5. The summed E-state index contributed by atoms with van der Waals surface area (Å²) < 4.78 is 8.87. The molecule has 0 atom stereocenters. The van der Waals surface area contributed by atoms with E-state index >= 15 is 0 Å². The van der Waals surface area contributed by atoms with Gasteiger partial charge < -0.3 is 14.0 Å². The fourth-order valence-electron chi connectivity index (χ4n) is 8.84. The Kier molecular flexibility index (Phi) is 13.5. The molecule has 4 heterocycles. The second-order valence-electron chi connectivity index (χ2n) is 19.9. The molecule has 4 aromatic heterocycles. The van der Waals surface area contributed by atoms with Crippen LogP contribution in [0.5, 0.6) is 0 Å². The standard InChI is InChI=1S/C38H34N3O.C19H26NSi.Ir/c1-22(2)31-20-27(26-13-8-7-9-14-26)21-32(23(3)4)36(31)41-33-19-24(5)39-25(6)35(33)40-38(41)30-17-12-16-29-28-15-10-11-18-34(28)42-37(29)30;1-19(2,3)13-16-12-17(15-10-8-7-9-11-15)20-14-18(16)21(4,5)6;/h7-16,18-23H,1-6H3;7-10,12,14H,13H2,1-6H3;/q2*-1;. The second kappa shape index (κ2) is 18.6. The average molecular weight is 1040 g/mol. The largest absolute Gasteiger partial charge is 0.501 e. The number of aryl methyl sites for hydroxylation is 2. The van der Waals surface area contributed by atoms with Crippen LogP contribution in [0.4, 0.5) is 0 Å². The first-order valence-electron chi connectivity index (χ1n) is 22.4. The Bertz CT molecular complexity index is 3050. The van der Waals surface area contributed by atoms with Crippen molar-refractivity contribution in [2.45, 2.75) is 100 Å². The van der Waals surface area contributed by atoms with Gasteiger partial charge in [-0.05, 0) is 94.9 Å². The fraction of sp³-hybridized carbons (Fsp3) is 0.281. The van der Waals surface area contributed by atoms with Crippen LogP contribution in [0.15, 0.2) is 126 Å². The number of imidazole rings is 1. The van der Waals surface area contributed by atoms with Crippen molar-refractivity contribution in [1.82, 2.24) is 19.5 Å². The topological polar surface area (TPSA) is 56.7 Å². The van der Waals surface area contributed by atoms with Gasteiger partial charge >= 0.3 is 0 Å². The normalized spacial score (nSPS) is 12.0. The Morgan fingerprint density at radius 3 is 2.03 bits per heavy atom. The van der Waals surface area contributed by atoms with E-state index in [9.17, 15) is 0 Å². The van der Waals surface area contributed by atoms with Crippen molar-refractivity contribution >= 4 is 46.2 Å². The predicted molar refractivity (Wildman–Crippen MR) is 268 cm³/mol. The van der Waals surface area contributed by atoms with Crippen molar-refractivity contribution in [3.05, 3.63) is 162 Å². The van der Waals surface area contributed by atoms with E-state index in [1.54, 1.807) is 0 Å². The number of rotatable bonds is 8. The number of pyridine rings is 2. The van der Waals surface area contributed by atoms with Gasteiger partial charge in [0.15, 0.2) is 0 Å². The number of fused-ring (bicyclic) bond motifs is 4. The van der Waals surface area contributed by atoms with Gasteiger partial charge in [-0.2, -0.15) is 0 Å². The molecule has 0 saturated heterocycles. The minimum absolute atomic E-state index is 0. The number of para-hydroxylation sites is 1. The Morgan fingerprint density at radius 2 is 1.39 bits per heavy atom. The zero-order chi connectivity index (χ0) is 44.8. The molecular weight excluding hydrogens is 977 g/mol. The minimum Gasteiger partial charge on any atom is -0.501 e. The molecule has 0 saturated carbocycles. The third kappa shape index (κ3) is 9.49. The smallest absolute Gasteiger partial charge is 0.120 e. The summed E-state index contributed by atoms with van der Waals surface area (Å²) in [5, 5.41) is 3.64. The summed E-state index contributed by atoms with van der Waals surface area (Å²) in [4.78, 5) is 14.8. The van der Waals surface area contributed by atoms with Crippen molar-refractivity contribution in [2.24, 2.45) is 5.41 Å². The molecular formula is C57H60IrN4OSi-2. The van der Waals surface area contributed by atoms with E-state index in [0.717, 1.165) is 73.4 Å². The quantitative estimate of drug-likeness (QED) is 0.112. The summed E-state index contributed by atoms with van der Waals surface area (Å²) in [5.41, 5.74) is 16.4. The summed E-state index contributed by atoms with van der Waals surface area (Å²) in [6.45, 7) is 27.3. The number of aromatic nitrogens is 4. The summed E-state index contributed by atoms with van der Waals surface area (Å²) in [7, 11) is -1.37. The zero-order valence-corrected chi connectivity index (χ0v) is 42.8. The van der Waals surface area contributed by atoms with Crippen molar-refractivity contribution in [3.63, 3.8) is 0 Å². The van der Waals surface area contributed by atoms with Crippen LogP contribution in [-0.2, 0) is 26.5 Å². The van der Waals surface area contributed by atoms with Crippen molar-refractivity contribution in [1.29, 1.82) is 0 Å². The predicted octanol–water partition coefficient (Wildman–Crippen LogP) is 15.0. The van der Waals surface area contributed by atoms with Crippen LogP contribution in [0.25, 0.3) is 72.4 Å². The maximum atomic E-state index is 6.51. The molecule has 5 nitrogen and oxygen atoms in total. The maximum absolute atomic E-state index is 6.51. The summed E-state index contributed by atoms with van der Waals surface area (Å²) in [6, 6.07) is 47.0. The van der Waals surface area contributed by atoms with Gasteiger partial charge in [0.1, 0.15) is 5.58 Å². The van der Waals surface area contributed by atoms with Crippen molar-refractivity contribution in [3.8, 4) is 39.5 Å².